The van der Waals surface area contributed by atoms with Crippen LogP contribution in [0.1, 0.15) is 78.7 Å². The monoisotopic (exact) mass is 642 g/mol. The number of aryl methyl sites for hydroxylation is 1. The van der Waals surface area contributed by atoms with Crippen molar-refractivity contribution in [3.63, 3.8) is 0 Å². The zero-order valence-electron chi connectivity index (χ0n) is 25.7. The van der Waals surface area contributed by atoms with E-state index in [1.807, 2.05) is 41.5 Å². The summed E-state index contributed by atoms with van der Waals surface area (Å²) < 4.78 is 19.8. The number of rotatable bonds is 11. The number of aliphatic hydroxyl groups excluding tert-OH is 1. The lowest BCUT2D eigenvalue weighted by Crippen LogP contribution is -2.21. The van der Waals surface area contributed by atoms with E-state index in [2.05, 4.69) is 5.10 Å². The number of ether oxygens (including phenoxy) is 3. The van der Waals surface area contributed by atoms with Crippen molar-refractivity contribution in [1.82, 2.24) is 19.6 Å². The Bertz CT molecular complexity index is 1570. The number of thioether (sulfide) groups is 1. The number of fused-ring (bicyclic) bond motifs is 1. The zero-order valence-corrected chi connectivity index (χ0v) is 27.2. The summed E-state index contributed by atoms with van der Waals surface area (Å²) >= 11 is 8.67. The van der Waals surface area contributed by atoms with Crippen LogP contribution in [0.5, 0.6) is 0 Å². The van der Waals surface area contributed by atoms with Gasteiger partial charge in [-0.15, -0.1) is 11.8 Å². The number of carbonyl (C=O) groups is 2. The summed E-state index contributed by atoms with van der Waals surface area (Å²) in [5, 5.41) is 19.9. The number of esters is 2. The number of hydrogen-bond acceptors (Lipinski definition) is 9. The molecule has 1 aliphatic carbocycles. The number of allylic oxidation sites excluding steroid dienone is 1. The van der Waals surface area contributed by atoms with Crippen LogP contribution in [0.25, 0.3) is 16.7 Å². The quantitative estimate of drug-likeness (QED) is 0.263. The van der Waals surface area contributed by atoms with Crippen molar-refractivity contribution >= 4 is 40.9 Å². The fourth-order valence-electron chi connectivity index (χ4n) is 6.15. The van der Waals surface area contributed by atoms with E-state index < -0.39 is 0 Å². The first kappa shape index (κ1) is 32.3. The molecule has 3 heterocycles. The lowest BCUT2D eigenvalue weighted by Gasteiger charge is -2.26. The van der Waals surface area contributed by atoms with E-state index in [4.69, 9.17) is 30.9 Å². The Morgan fingerprint density at radius 3 is 2.66 bits per heavy atom. The van der Waals surface area contributed by atoms with E-state index in [1.54, 1.807) is 11.8 Å². The Hall–Kier alpha value is -3.12. The summed E-state index contributed by atoms with van der Waals surface area (Å²) in [5.41, 5.74) is 8.73. The Kier molecular flexibility index (Phi) is 10.5. The first-order valence-corrected chi connectivity index (χ1v) is 16.4. The molecule has 1 saturated heterocycles. The van der Waals surface area contributed by atoms with Gasteiger partial charge in [-0.2, -0.15) is 10.2 Å². The van der Waals surface area contributed by atoms with Crippen LogP contribution in [0, 0.1) is 6.92 Å². The predicted molar refractivity (Wildman–Crippen MR) is 169 cm³/mol. The smallest absolute Gasteiger partial charge is 0.334 e. The SMILES string of the molecule is COC(=O)CCC1=C(C(=O)OC)CCc2c1ccc(Cl)c2-c1c(CSCc2cc(CO)nn2C2CCCCO2)nn(C)c1C. The highest BCUT2D eigenvalue weighted by atomic mass is 35.5. The van der Waals surface area contributed by atoms with E-state index in [0.29, 0.717) is 53.7 Å². The molecule has 0 radical (unpaired) electrons. The topological polar surface area (TPSA) is 118 Å². The number of benzene rings is 1. The fraction of sp³-hybridized carbons (Fsp3) is 0.500. The maximum absolute atomic E-state index is 12.7. The van der Waals surface area contributed by atoms with Gasteiger partial charge in [-0.25, -0.2) is 9.48 Å². The van der Waals surface area contributed by atoms with Crippen molar-refractivity contribution in [1.29, 1.82) is 0 Å². The Balaban J connectivity index is 1.47. The third kappa shape index (κ3) is 6.61. The summed E-state index contributed by atoms with van der Waals surface area (Å²) in [6.45, 7) is 2.63. The fourth-order valence-corrected chi connectivity index (χ4v) is 7.35. The second kappa shape index (κ2) is 14.3. The minimum Gasteiger partial charge on any atom is -0.469 e. The van der Waals surface area contributed by atoms with E-state index in [0.717, 1.165) is 64.2 Å². The molecule has 1 aromatic carbocycles. The summed E-state index contributed by atoms with van der Waals surface area (Å²) in [7, 11) is 4.66. The first-order valence-electron chi connectivity index (χ1n) is 14.9. The Morgan fingerprint density at radius 1 is 1.14 bits per heavy atom. The van der Waals surface area contributed by atoms with Crippen molar-refractivity contribution in [2.24, 2.45) is 7.05 Å². The molecule has 12 heteroatoms. The third-order valence-electron chi connectivity index (χ3n) is 8.41. The van der Waals surface area contributed by atoms with Gasteiger partial charge in [-0.1, -0.05) is 17.7 Å². The largest absolute Gasteiger partial charge is 0.469 e. The number of nitrogens with zero attached hydrogens (tertiary/aromatic N) is 4. The van der Waals surface area contributed by atoms with Crippen molar-refractivity contribution in [3.05, 3.63) is 62.7 Å². The molecule has 0 bridgehead atoms. The maximum Gasteiger partial charge on any atom is 0.334 e. The van der Waals surface area contributed by atoms with Gasteiger partial charge in [0.05, 0.1) is 37.9 Å². The molecule has 10 nitrogen and oxygen atoms in total. The van der Waals surface area contributed by atoms with Gasteiger partial charge >= 0.3 is 11.9 Å². The van der Waals surface area contributed by atoms with Gasteiger partial charge in [0.2, 0.25) is 0 Å². The van der Waals surface area contributed by atoms with Crippen LogP contribution >= 0.6 is 23.4 Å². The van der Waals surface area contributed by atoms with E-state index >= 15 is 0 Å². The van der Waals surface area contributed by atoms with Gasteiger partial charge in [-0.05, 0) is 74.3 Å². The molecular weight excluding hydrogens is 604 g/mol. The average Bonchev–Trinajstić information content (AvgIpc) is 3.59. The molecule has 236 valence electrons. The highest BCUT2D eigenvalue weighted by Gasteiger charge is 2.30. The van der Waals surface area contributed by atoms with E-state index in [-0.39, 0.29) is 31.2 Å². The third-order valence-corrected chi connectivity index (χ3v) is 9.71. The molecule has 1 atom stereocenters. The highest BCUT2D eigenvalue weighted by molar-refractivity contribution is 7.97. The van der Waals surface area contributed by atoms with Crippen LogP contribution in [0.15, 0.2) is 23.8 Å². The number of halogens is 1. The molecule has 0 saturated carbocycles. The minimum atomic E-state index is -0.385. The first-order chi connectivity index (χ1) is 21.3. The van der Waals surface area contributed by atoms with Gasteiger partial charge in [-0.3, -0.25) is 9.48 Å². The molecule has 2 aromatic heterocycles. The highest BCUT2D eigenvalue weighted by Crippen LogP contribution is 2.45. The molecular formula is C32H39ClN4O6S. The number of methoxy groups -OCH3 is 2. The number of carbonyl (C=O) groups excluding carboxylic acids is 2. The van der Waals surface area contributed by atoms with Gasteiger partial charge in [0.25, 0.3) is 0 Å². The Morgan fingerprint density at radius 2 is 1.95 bits per heavy atom. The van der Waals surface area contributed by atoms with Gasteiger partial charge in [0, 0.05) is 59.0 Å². The molecule has 5 rings (SSSR count). The molecule has 0 amide bonds. The minimum absolute atomic E-state index is 0.113. The Labute approximate surface area is 266 Å². The normalized spacial score (nSPS) is 16.6. The van der Waals surface area contributed by atoms with Crippen LogP contribution in [-0.2, 0) is 55.4 Å². The molecule has 1 N–H and O–H groups in total. The van der Waals surface area contributed by atoms with Crippen LogP contribution in [0.4, 0.5) is 0 Å². The van der Waals surface area contributed by atoms with Crippen molar-refractivity contribution in [2.75, 3.05) is 20.8 Å². The molecule has 1 unspecified atom stereocenters. The lowest BCUT2D eigenvalue weighted by molar-refractivity contribution is -0.140. The average molecular weight is 643 g/mol. The van der Waals surface area contributed by atoms with Gasteiger partial charge in [0.1, 0.15) is 6.23 Å². The van der Waals surface area contributed by atoms with Gasteiger partial charge in [0.15, 0.2) is 0 Å². The molecule has 44 heavy (non-hydrogen) atoms. The lowest BCUT2D eigenvalue weighted by atomic mass is 9.80. The van der Waals surface area contributed by atoms with Crippen LogP contribution in [-0.4, -0.2) is 57.4 Å². The zero-order chi connectivity index (χ0) is 31.4. The second-order valence-electron chi connectivity index (χ2n) is 11.0. The van der Waals surface area contributed by atoms with Crippen LogP contribution in [0.2, 0.25) is 5.02 Å². The summed E-state index contributed by atoms with van der Waals surface area (Å²) in [6, 6.07) is 5.74. The summed E-state index contributed by atoms with van der Waals surface area (Å²) in [4.78, 5) is 24.8. The van der Waals surface area contributed by atoms with Crippen LogP contribution in [0.3, 0.4) is 0 Å². The molecule has 1 fully saturated rings. The van der Waals surface area contributed by atoms with Crippen molar-refractivity contribution in [2.45, 2.75) is 76.2 Å². The molecule has 0 spiro atoms. The van der Waals surface area contributed by atoms with E-state index in [9.17, 15) is 14.7 Å². The molecule has 2 aliphatic rings. The molecule has 1 aliphatic heterocycles. The summed E-state index contributed by atoms with van der Waals surface area (Å²) in [6.07, 6.45) is 4.51. The number of hydrogen-bond donors (Lipinski definition) is 1. The van der Waals surface area contributed by atoms with Crippen LogP contribution < -0.4 is 0 Å². The van der Waals surface area contributed by atoms with Crippen molar-refractivity contribution in [3.8, 4) is 11.1 Å². The predicted octanol–water partition coefficient (Wildman–Crippen LogP) is 5.70. The molecule has 3 aromatic rings. The van der Waals surface area contributed by atoms with E-state index in [1.165, 1.54) is 14.2 Å². The standard InChI is InChI=1S/C32H39ClN4O6S/c1-19-30(27(35-36(19)2)18-44-17-21-15-20(16-38)34-37(21)28-7-5-6-14-43-28)31-24-8-9-25(32(40)42-4)23(11-13-29(39)41-3)22(24)10-12-26(31)33/h10,12,15,28,38H,5-9,11,13-14,16-18H2,1-4H3. The second-order valence-corrected chi connectivity index (χ2v) is 12.4. The number of aliphatic hydroxyl groups is 1. The maximum atomic E-state index is 12.7. The van der Waals surface area contributed by atoms with Crippen molar-refractivity contribution < 1.29 is 28.9 Å². The number of aromatic nitrogens is 4. The van der Waals surface area contributed by atoms with Gasteiger partial charge < -0.3 is 19.3 Å². The summed E-state index contributed by atoms with van der Waals surface area (Å²) in [5.74, 6) is 0.573.